The van der Waals surface area contributed by atoms with Crippen LogP contribution in [-0.4, -0.2) is 50.6 Å². The molecule has 0 atom stereocenters. The number of carbonyl (C=O) groups excluding carboxylic acids is 4. The van der Waals surface area contributed by atoms with E-state index in [9.17, 15) is 19.2 Å². The van der Waals surface area contributed by atoms with Crippen molar-refractivity contribution in [2.24, 2.45) is 0 Å². The van der Waals surface area contributed by atoms with Crippen LogP contribution in [0.1, 0.15) is 35.6 Å². The van der Waals surface area contributed by atoms with Crippen molar-refractivity contribution >= 4 is 39.6 Å². The SMILES string of the molecule is Cc1cc(C(=O)CN2C(=O)C(=O)N(C(C)C)C2=O)c(C)n1-c1cccc(Br)c1. The van der Waals surface area contributed by atoms with Crippen molar-refractivity contribution in [2.75, 3.05) is 6.54 Å². The van der Waals surface area contributed by atoms with Crippen LogP contribution in [0.25, 0.3) is 5.69 Å². The topological polar surface area (TPSA) is 79.7 Å². The van der Waals surface area contributed by atoms with Gasteiger partial charge >= 0.3 is 17.8 Å². The molecule has 1 saturated heterocycles. The fourth-order valence-electron chi connectivity index (χ4n) is 3.40. The highest BCUT2D eigenvalue weighted by Crippen LogP contribution is 2.24. The molecule has 1 aliphatic rings. The number of aromatic nitrogens is 1. The molecule has 0 bridgehead atoms. The van der Waals surface area contributed by atoms with E-state index in [2.05, 4.69) is 15.9 Å². The number of aryl methyl sites for hydroxylation is 1. The summed E-state index contributed by atoms with van der Waals surface area (Å²) < 4.78 is 2.84. The molecule has 2 aromatic rings. The summed E-state index contributed by atoms with van der Waals surface area (Å²) in [6, 6.07) is 8.18. The number of nitrogens with zero attached hydrogens (tertiary/aromatic N) is 3. The van der Waals surface area contributed by atoms with Gasteiger partial charge in [-0.25, -0.2) is 9.69 Å². The van der Waals surface area contributed by atoms with Crippen LogP contribution >= 0.6 is 15.9 Å². The monoisotopic (exact) mass is 445 g/mol. The normalized spacial score (nSPS) is 14.6. The molecule has 28 heavy (non-hydrogen) atoms. The van der Waals surface area contributed by atoms with Gasteiger partial charge in [-0.3, -0.25) is 19.3 Å². The first-order valence-corrected chi connectivity index (χ1v) is 9.60. The minimum absolute atomic E-state index is 0.394. The van der Waals surface area contributed by atoms with Crippen LogP contribution in [0.4, 0.5) is 4.79 Å². The van der Waals surface area contributed by atoms with Gasteiger partial charge in [-0.1, -0.05) is 22.0 Å². The molecule has 7 nitrogen and oxygen atoms in total. The molecule has 0 aliphatic carbocycles. The lowest BCUT2D eigenvalue weighted by Gasteiger charge is -2.18. The molecule has 0 saturated carbocycles. The van der Waals surface area contributed by atoms with Gasteiger partial charge in [-0.15, -0.1) is 0 Å². The van der Waals surface area contributed by atoms with E-state index in [-0.39, 0.29) is 0 Å². The first-order chi connectivity index (χ1) is 13.1. The van der Waals surface area contributed by atoms with Gasteiger partial charge in [-0.2, -0.15) is 0 Å². The standard InChI is InChI=1S/C20H20BrN3O4/c1-11(2)23-19(27)18(26)22(20(23)28)10-17(25)16-8-12(3)24(13(16)4)15-7-5-6-14(21)9-15/h5-9,11H,10H2,1-4H3. The summed E-state index contributed by atoms with van der Waals surface area (Å²) in [5.74, 6) is -2.25. The molecule has 1 aromatic heterocycles. The number of imide groups is 2. The maximum absolute atomic E-state index is 12.9. The highest BCUT2D eigenvalue weighted by Gasteiger charge is 2.46. The van der Waals surface area contributed by atoms with E-state index in [1.54, 1.807) is 26.8 Å². The number of ketones is 1. The number of benzene rings is 1. The number of hydrogen-bond donors (Lipinski definition) is 0. The van der Waals surface area contributed by atoms with Crippen molar-refractivity contribution < 1.29 is 19.2 Å². The highest BCUT2D eigenvalue weighted by molar-refractivity contribution is 9.10. The minimum Gasteiger partial charge on any atom is -0.318 e. The summed E-state index contributed by atoms with van der Waals surface area (Å²) in [6.07, 6.45) is 0. The van der Waals surface area contributed by atoms with Crippen molar-refractivity contribution in [1.29, 1.82) is 0 Å². The number of Topliss-reactive ketones (excluding diaryl/α,β-unsaturated/α-hetero) is 1. The molecule has 0 N–H and O–H groups in total. The average molecular weight is 446 g/mol. The molecule has 1 aliphatic heterocycles. The highest BCUT2D eigenvalue weighted by atomic mass is 79.9. The third-order valence-corrected chi connectivity index (χ3v) is 5.19. The number of hydrogen-bond acceptors (Lipinski definition) is 4. The quantitative estimate of drug-likeness (QED) is 0.401. The van der Waals surface area contributed by atoms with Gasteiger partial charge < -0.3 is 4.57 Å². The molecule has 0 spiro atoms. The van der Waals surface area contributed by atoms with Crippen LogP contribution in [0.3, 0.4) is 0 Å². The van der Waals surface area contributed by atoms with Crippen LogP contribution in [0.2, 0.25) is 0 Å². The Bertz CT molecular complexity index is 1010. The molecule has 4 amide bonds. The number of urea groups is 1. The molecule has 0 unspecified atom stereocenters. The molecule has 3 rings (SSSR count). The van der Waals surface area contributed by atoms with E-state index in [1.165, 1.54) is 0 Å². The maximum Gasteiger partial charge on any atom is 0.334 e. The molecule has 8 heteroatoms. The molecule has 1 fully saturated rings. The van der Waals surface area contributed by atoms with Gasteiger partial charge in [0, 0.05) is 33.2 Å². The van der Waals surface area contributed by atoms with Crippen molar-refractivity contribution in [3.8, 4) is 5.69 Å². The number of carbonyl (C=O) groups is 4. The minimum atomic E-state index is -0.965. The number of rotatable bonds is 5. The summed E-state index contributed by atoms with van der Waals surface area (Å²) in [7, 11) is 0. The second-order valence-electron chi connectivity index (χ2n) is 6.97. The smallest absolute Gasteiger partial charge is 0.318 e. The summed E-state index contributed by atoms with van der Waals surface area (Å²) in [6.45, 7) is 6.50. The van der Waals surface area contributed by atoms with Crippen molar-refractivity contribution in [3.63, 3.8) is 0 Å². The maximum atomic E-state index is 12.9. The van der Waals surface area contributed by atoms with Gasteiger partial charge in [0.1, 0.15) is 0 Å². The Kier molecular flexibility index (Phi) is 5.25. The summed E-state index contributed by atoms with van der Waals surface area (Å²) in [4.78, 5) is 51.0. The summed E-state index contributed by atoms with van der Waals surface area (Å²) >= 11 is 3.44. The number of halogens is 1. The first kappa shape index (κ1) is 20.0. The first-order valence-electron chi connectivity index (χ1n) is 8.80. The molecule has 0 radical (unpaired) electrons. The zero-order valence-electron chi connectivity index (χ0n) is 16.0. The van der Waals surface area contributed by atoms with Crippen LogP contribution in [0.5, 0.6) is 0 Å². The Hall–Kier alpha value is -2.74. The Labute approximate surface area is 171 Å². The van der Waals surface area contributed by atoms with E-state index in [0.29, 0.717) is 11.3 Å². The van der Waals surface area contributed by atoms with Gasteiger partial charge in [0.05, 0.1) is 6.54 Å². The van der Waals surface area contributed by atoms with Crippen molar-refractivity contribution in [2.45, 2.75) is 33.7 Å². The molecular formula is C20H20BrN3O4. The zero-order valence-corrected chi connectivity index (χ0v) is 17.6. The van der Waals surface area contributed by atoms with Gasteiger partial charge in [0.15, 0.2) is 5.78 Å². The lowest BCUT2D eigenvalue weighted by Crippen LogP contribution is -2.39. The second kappa shape index (κ2) is 7.35. The van der Waals surface area contributed by atoms with E-state index in [4.69, 9.17) is 0 Å². The number of amides is 4. The Balaban J connectivity index is 1.90. The average Bonchev–Trinajstić information content (AvgIpc) is 3.03. The summed E-state index contributed by atoms with van der Waals surface area (Å²) in [5, 5.41) is 0. The van der Waals surface area contributed by atoms with Crippen molar-refractivity contribution in [3.05, 3.63) is 51.8 Å². The van der Waals surface area contributed by atoms with Crippen LogP contribution < -0.4 is 0 Å². The van der Waals surface area contributed by atoms with E-state index < -0.39 is 36.2 Å². The molecule has 2 heterocycles. The zero-order chi connectivity index (χ0) is 20.7. The summed E-state index contributed by atoms with van der Waals surface area (Å²) in [5.41, 5.74) is 2.84. The van der Waals surface area contributed by atoms with Gasteiger partial charge in [0.25, 0.3) is 0 Å². The Morgan fingerprint density at radius 3 is 2.32 bits per heavy atom. The predicted octanol–water partition coefficient (Wildman–Crippen LogP) is 3.24. The Morgan fingerprint density at radius 1 is 1.07 bits per heavy atom. The lowest BCUT2D eigenvalue weighted by atomic mass is 10.1. The van der Waals surface area contributed by atoms with Crippen LogP contribution in [-0.2, 0) is 9.59 Å². The van der Waals surface area contributed by atoms with E-state index in [1.807, 2.05) is 35.8 Å². The fourth-order valence-corrected chi connectivity index (χ4v) is 3.79. The third kappa shape index (κ3) is 3.28. The molecule has 146 valence electrons. The van der Waals surface area contributed by atoms with E-state index >= 15 is 0 Å². The fraction of sp³-hybridized carbons (Fsp3) is 0.300. The molecule has 1 aromatic carbocycles. The van der Waals surface area contributed by atoms with Crippen LogP contribution in [0, 0.1) is 13.8 Å². The van der Waals surface area contributed by atoms with Crippen molar-refractivity contribution in [1.82, 2.24) is 14.4 Å². The van der Waals surface area contributed by atoms with E-state index in [0.717, 1.165) is 25.7 Å². The Morgan fingerprint density at radius 2 is 1.75 bits per heavy atom. The van der Waals surface area contributed by atoms with Crippen LogP contribution in [0.15, 0.2) is 34.8 Å². The second-order valence-corrected chi connectivity index (χ2v) is 7.88. The van der Waals surface area contributed by atoms with Gasteiger partial charge in [0.2, 0.25) is 0 Å². The third-order valence-electron chi connectivity index (χ3n) is 4.70. The predicted molar refractivity (Wildman–Crippen MR) is 106 cm³/mol. The largest absolute Gasteiger partial charge is 0.334 e. The molecular weight excluding hydrogens is 426 g/mol. The lowest BCUT2D eigenvalue weighted by molar-refractivity contribution is -0.143. The van der Waals surface area contributed by atoms with Gasteiger partial charge in [-0.05, 0) is 52.0 Å².